The van der Waals surface area contributed by atoms with Gasteiger partial charge in [-0.05, 0) is 56.0 Å². The molecule has 0 N–H and O–H groups in total. The van der Waals surface area contributed by atoms with E-state index in [1.807, 2.05) is 53.6 Å². The molecule has 1 saturated heterocycles. The lowest BCUT2D eigenvalue weighted by Gasteiger charge is -2.26. The lowest BCUT2D eigenvalue weighted by molar-refractivity contribution is 0.0727. The average molecular weight is 391 g/mol. The fourth-order valence-corrected chi connectivity index (χ4v) is 4.45. The summed E-state index contributed by atoms with van der Waals surface area (Å²) in [5.74, 6) is 1.60. The molecule has 1 amide bonds. The summed E-state index contributed by atoms with van der Waals surface area (Å²) in [5.41, 5.74) is 4.44. The highest BCUT2D eigenvalue weighted by Gasteiger charge is 2.33. The number of imidazole rings is 1. The van der Waals surface area contributed by atoms with Gasteiger partial charge in [-0.25, -0.2) is 4.98 Å². The van der Waals surface area contributed by atoms with Crippen molar-refractivity contribution in [3.63, 3.8) is 0 Å². The summed E-state index contributed by atoms with van der Waals surface area (Å²) < 4.78 is 13.5. The predicted octanol–water partition coefficient (Wildman–Crippen LogP) is 4.09. The summed E-state index contributed by atoms with van der Waals surface area (Å²) in [7, 11) is 0. The second kappa shape index (κ2) is 7.10. The van der Waals surface area contributed by atoms with Crippen LogP contribution in [0.3, 0.4) is 0 Å². The SMILES string of the molecule is Cc1nc2c(C)cccn2c1C(=O)N1CCC[C@@H]1c1ccc2c(c1)OCCCO2. The number of aryl methyl sites for hydroxylation is 2. The number of aromatic nitrogens is 2. The van der Waals surface area contributed by atoms with Crippen LogP contribution in [0.25, 0.3) is 5.65 Å². The lowest BCUT2D eigenvalue weighted by atomic mass is 10.0. The highest BCUT2D eigenvalue weighted by Crippen LogP contribution is 2.38. The van der Waals surface area contributed by atoms with Crippen LogP contribution in [0.15, 0.2) is 36.5 Å². The molecule has 2 aliphatic heterocycles. The van der Waals surface area contributed by atoms with Crippen molar-refractivity contribution in [2.75, 3.05) is 19.8 Å². The summed E-state index contributed by atoms with van der Waals surface area (Å²) in [6.45, 7) is 6.01. The number of benzene rings is 1. The number of fused-ring (bicyclic) bond motifs is 2. The Balaban J connectivity index is 1.50. The molecule has 0 spiro atoms. The largest absolute Gasteiger partial charge is 0.490 e. The topological polar surface area (TPSA) is 56.1 Å². The smallest absolute Gasteiger partial charge is 0.273 e. The third kappa shape index (κ3) is 3.03. The van der Waals surface area contributed by atoms with Gasteiger partial charge in [0.1, 0.15) is 11.3 Å². The number of ether oxygens (including phenoxy) is 2. The van der Waals surface area contributed by atoms with Gasteiger partial charge in [-0.2, -0.15) is 0 Å². The van der Waals surface area contributed by atoms with Gasteiger partial charge < -0.3 is 14.4 Å². The first-order chi connectivity index (χ1) is 14.1. The summed E-state index contributed by atoms with van der Waals surface area (Å²) >= 11 is 0. The van der Waals surface area contributed by atoms with E-state index in [1.54, 1.807) is 0 Å². The Morgan fingerprint density at radius 3 is 2.79 bits per heavy atom. The minimum Gasteiger partial charge on any atom is -0.490 e. The highest BCUT2D eigenvalue weighted by atomic mass is 16.5. The maximum Gasteiger partial charge on any atom is 0.273 e. The van der Waals surface area contributed by atoms with E-state index in [0.717, 1.165) is 59.8 Å². The normalized spacial score (nSPS) is 18.8. The molecule has 29 heavy (non-hydrogen) atoms. The molecule has 1 fully saturated rings. The summed E-state index contributed by atoms with van der Waals surface area (Å²) in [4.78, 5) is 20.2. The second-order valence-electron chi connectivity index (χ2n) is 7.84. The highest BCUT2D eigenvalue weighted by molar-refractivity contribution is 5.95. The molecule has 1 aromatic carbocycles. The van der Waals surface area contributed by atoms with Crippen LogP contribution in [0.2, 0.25) is 0 Å². The van der Waals surface area contributed by atoms with Crippen molar-refractivity contribution < 1.29 is 14.3 Å². The standard InChI is InChI=1S/C23H25N3O3/c1-15-6-3-11-26-21(16(2)24-22(15)26)23(27)25-10-4-7-18(25)17-8-9-19-20(14-17)29-13-5-12-28-19/h3,6,8-9,11,14,18H,4-5,7,10,12-13H2,1-2H3/t18-/m1/s1. The first-order valence-corrected chi connectivity index (χ1v) is 10.3. The van der Waals surface area contributed by atoms with Crippen LogP contribution in [-0.2, 0) is 0 Å². The third-order valence-corrected chi connectivity index (χ3v) is 5.89. The predicted molar refractivity (Wildman–Crippen MR) is 110 cm³/mol. The Kier molecular flexibility index (Phi) is 4.42. The molecule has 3 aromatic rings. The maximum absolute atomic E-state index is 13.6. The molecule has 0 saturated carbocycles. The number of nitrogens with zero attached hydrogens (tertiary/aromatic N) is 3. The number of pyridine rings is 1. The van der Waals surface area contributed by atoms with Crippen LogP contribution in [0.5, 0.6) is 11.5 Å². The molecule has 6 heteroatoms. The first-order valence-electron chi connectivity index (χ1n) is 10.3. The molecular formula is C23H25N3O3. The van der Waals surface area contributed by atoms with Gasteiger partial charge >= 0.3 is 0 Å². The van der Waals surface area contributed by atoms with Crippen LogP contribution >= 0.6 is 0 Å². The van der Waals surface area contributed by atoms with Crippen LogP contribution in [0.1, 0.15) is 52.6 Å². The van der Waals surface area contributed by atoms with Crippen molar-refractivity contribution in [2.24, 2.45) is 0 Å². The quantitative estimate of drug-likeness (QED) is 0.660. The Labute approximate surface area is 170 Å². The summed E-state index contributed by atoms with van der Waals surface area (Å²) in [6, 6.07) is 10.1. The minimum atomic E-state index is 0.0365. The first kappa shape index (κ1) is 18.0. The number of amides is 1. The van der Waals surface area contributed by atoms with E-state index in [1.165, 1.54) is 0 Å². The number of carbonyl (C=O) groups excluding carboxylic acids is 1. The molecule has 5 rings (SSSR count). The van der Waals surface area contributed by atoms with E-state index in [9.17, 15) is 4.79 Å². The summed E-state index contributed by atoms with van der Waals surface area (Å²) in [5, 5.41) is 0. The van der Waals surface area contributed by atoms with Crippen molar-refractivity contribution >= 4 is 11.6 Å². The zero-order valence-corrected chi connectivity index (χ0v) is 16.9. The summed E-state index contributed by atoms with van der Waals surface area (Å²) in [6.07, 6.45) is 4.74. The molecule has 0 radical (unpaired) electrons. The number of rotatable bonds is 2. The van der Waals surface area contributed by atoms with E-state index in [-0.39, 0.29) is 11.9 Å². The van der Waals surface area contributed by atoms with Crippen LogP contribution < -0.4 is 9.47 Å². The Morgan fingerprint density at radius 2 is 1.93 bits per heavy atom. The number of likely N-dealkylation sites (tertiary alicyclic amines) is 1. The van der Waals surface area contributed by atoms with Crippen molar-refractivity contribution in [2.45, 2.75) is 39.2 Å². The molecule has 4 heterocycles. The number of carbonyl (C=O) groups is 1. The molecule has 0 bridgehead atoms. The zero-order valence-electron chi connectivity index (χ0n) is 16.9. The molecule has 0 unspecified atom stereocenters. The van der Waals surface area contributed by atoms with Gasteiger partial charge in [-0.15, -0.1) is 0 Å². The van der Waals surface area contributed by atoms with Gasteiger partial charge in [0, 0.05) is 19.2 Å². The molecular weight excluding hydrogens is 366 g/mol. The number of hydrogen-bond acceptors (Lipinski definition) is 4. The molecule has 150 valence electrons. The van der Waals surface area contributed by atoms with Gasteiger partial charge in [0.25, 0.3) is 5.91 Å². The van der Waals surface area contributed by atoms with E-state index in [0.29, 0.717) is 18.9 Å². The average Bonchev–Trinajstić information content (AvgIpc) is 3.26. The Bertz CT molecular complexity index is 1090. The fourth-order valence-electron chi connectivity index (χ4n) is 4.45. The maximum atomic E-state index is 13.6. The second-order valence-corrected chi connectivity index (χ2v) is 7.84. The van der Waals surface area contributed by atoms with E-state index in [4.69, 9.17) is 9.47 Å². The third-order valence-electron chi connectivity index (χ3n) is 5.89. The van der Waals surface area contributed by atoms with Crippen molar-refractivity contribution in [1.29, 1.82) is 0 Å². The number of hydrogen-bond donors (Lipinski definition) is 0. The van der Waals surface area contributed by atoms with Gasteiger partial charge in [0.2, 0.25) is 0 Å². The van der Waals surface area contributed by atoms with Gasteiger partial charge in [0.05, 0.1) is 24.9 Å². The van der Waals surface area contributed by atoms with Crippen molar-refractivity contribution in [1.82, 2.24) is 14.3 Å². The Hall–Kier alpha value is -3.02. The van der Waals surface area contributed by atoms with Crippen LogP contribution in [0.4, 0.5) is 0 Å². The molecule has 1 atom stereocenters. The molecule has 2 aliphatic rings. The van der Waals surface area contributed by atoms with Gasteiger partial charge in [0.15, 0.2) is 11.5 Å². The lowest BCUT2D eigenvalue weighted by Crippen LogP contribution is -2.32. The van der Waals surface area contributed by atoms with Crippen molar-refractivity contribution in [3.8, 4) is 11.5 Å². The monoisotopic (exact) mass is 391 g/mol. The molecule has 0 aliphatic carbocycles. The van der Waals surface area contributed by atoms with Gasteiger partial charge in [-0.1, -0.05) is 12.1 Å². The Morgan fingerprint density at radius 1 is 1.10 bits per heavy atom. The molecule has 2 aromatic heterocycles. The zero-order chi connectivity index (χ0) is 20.0. The van der Waals surface area contributed by atoms with E-state index >= 15 is 0 Å². The fraction of sp³-hybridized carbons (Fsp3) is 0.391. The van der Waals surface area contributed by atoms with E-state index in [2.05, 4.69) is 11.1 Å². The van der Waals surface area contributed by atoms with Crippen LogP contribution in [0, 0.1) is 13.8 Å². The van der Waals surface area contributed by atoms with E-state index < -0.39 is 0 Å². The van der Waals surface area contributed by atoms with Crippen molar-refractivity contribution in [3.05, 3.63) is 59.0 Å². The van der Waals surface area contributed by atoms with Gasteiger partial charge in [-0.3, -0.25) is 9.20 Å². The van der Waals surface area contributed by atoms with Crippen LogP contribution in [-0.4, -0.2) is 40.0 Å². The minimum absolute atomic E-state index is 0.0365. The molecule has 6 nitrogen and oxygen atoms in total.